The van der Waals surface area contributed by atoms with Crippen LogP contribution in [-0.2, 0) is 94.3 Å². The van der Waals surface area contributed by atoms with Crippen LogP contribution >= 0.6 is 0 Å². The van der Waals surface area contributed by atoms with Crippen LogP contribution in [0.1, 0.15) is 247 Å². The van der Waals surface area contributed by atoms with Gasteiger partial charge in [-0.15, -0.1) is 0 Å². The van der Waals surface area contributed by atoms with Crippen molar-refractivity contribution >= 4 is 123 Å². The third-order valence-corrected chi connectivity index (χ3v) is 22.2. The molecular weight excluding hydrogens is 1720 g/mol. The van der Waals surface area contributed by atoms with Crippen LogP contribution < -0.4 is 102 Å². The second-order valence-electron chi connectivity index (χ2n) is 34.6. The van der Waals surface area contributed by atoms with E-state index in [1.165, 1.54) is 65.2 Å². The SMILES string of the molecule is CCCCCCCCCCCCCCCC(=O)N[C@@H](CCC(=O)O)C(=O)NCCCC[C@H](NC(=O)[C@H](C)N)C(=O)N[C@@H](CCC(=O)O)C(=O)N[C@@H](Cc1ccccc1)C(=O)N[C@H](C(=O)N[C@@H](C)C(=O)N[C@@H](Cc1c[nH]c2ccccc12)C(=O)N[C@@H](CC(C)C)C(=O)N[C@H](C(=O)N[C@@H](CCCNC(=N)N)C(=O)NCC(=O)N[C@@H](CCCNC(=N)N)C(=O)NCC(=O)O)C(C)C)C(C)CC. The molecule has 0 saturated carbocycles. The second-order valence-corrected chi connectivity index (χ2v) is 34.6. The van der Waals surface area contributed by atoms with Crippen LogP contribution in [0.15, 0.2) is 60.8 Å². The van der Waals surface area contributed by atoms with Crippen molar-refractivity contribution in [2.24, 2.45) is 35.0 Å². The lowest BCUT2D eigenvalue weighted by Gasteiger charge is -2.30. The van der Waals surface area contributed by atoms with Gasteiger partial charge in [-0.3, -0.25) is 92.3 Å². The van der Waals surface area contributed by atoms with Crippen molar-refractivity contribution < 1.29 is 96.8 Å². The van der Waals surface area contributed by atoms with Gasteiger partial charge in [0.05, 0.1) is 12.6 Å². The Balaban J connectivity index is 1.88. The summed E-state index contributed by atoms with van der Waals surface area (Å²) < 4.78 is 0. The summed E-state index contributed by atoms with van der Waals surface area (Å²) in [5.41, 5.74) is 18.5. The average molecular weight is 1870 g/mol. The van der Waals surface area contributed by atoms with Crippen LogP contribution in [0.3, 0.4) is 0 Å². The first-order chi connectivity index (χ1) is 63.1. The van der Waals surface area contributed by atoms with E-state index in [2.05, 4.69) is 97.0 Å². The second kappa shape index (κ2) is 63.5. The van der Waals surface area contributed by atoms with E-state index in [1.54, 1.807) is 102 Å². The van der Waals surface area contributed by atoms with Crippen LogP contribution in [0, 0.1) is 28.6 Å². The molecule has 1 heterocycles. The Labute approximate surface area is 778 Å². The molecule has 28 N–H and O–H groups in total. The number of guanidine groups is 2. The van der Waals surface area contributed by atoms with Crippen LogP contribution in [0.2, 0.25) is 0 Å². The number of benzene rings is 2. The normalized spacial score (nSPS) is 14.1. The van der Waals surface area contributed by atoms with Gasteiger partial charge in [-0.1, -0.05) is 180 Å². The maximum Gasteiger partial charge on any atom is 0.322 e. The number of nitrogens with one attached hydrogen (secondary N) is 19. The Morgan fingerprint density at radius 1 is 0.368 bits per heavy atom. The highest BCUT2D eigenvalue weighted by Crippen LogP contribution is 2.22. The molecule has 13 atom stereocenters. The summed E-state index contributed by atoms with van der Waals surface area (Å²) in [7, 11) is 0. The Kier molecular flexibility index (Phi) is 54.8. The molecule has 14 amide bonds. The Morgan fingerprint density at radius 2 is 0.789 bits per heavy atom. The third kappa shape index (κ3) is 47.4. The topological polar surface area (TPSA) is 685 Å². The maximum absolute atomic E-state index is 15.0. The van der Waals surface area contributed by atoms with Crippen molar-refractivity contribution in [1.29, 1.82) is 10.8 Å². The molecule has 0 radical (unpaired) electrons. The van der Waals surface area contributed by atoms with Gasteiger partial charge in [0.2, 0.25) is 82.7 Å². The van der Waals surface area contributed by atoms with Gasteiger partial charge in [0, 0.05) is 68.8 Å². The minimum atomic E-state index is -1.68. The number of para-hydroxylation sites is 1. The first-order valence-corrected chi connectivity index (χ1v) is 46.5. The number of aromatic nitrogens is 1. The first-order valence-electron chi connectivity index (χ1n) is 46.5. The predicted molar refractivity (Wildman–Crippen MR) is 499 cm³/mol. The lowest BCUT2D eigenvalue weighted by Crippen LogP contribution is -2.61. The maximum atomic E-state index is 15.0. The number of carboxylic acid groups (broad SMARTS) is 3. The predicted octanol–water partition coefficient (Wildman–Crippen LogP) is 1.74. The van der Waals surface area contributed by atoms with Gasteiger partial charge in [0.25, 0.3) is 0 Å². The molecular formula is C91H148N22O20. The molecule has 42 nitrogen and oxygen atoms in total. The molecule has 0 aliphatic carbocycles. The van der Waals surface area contributed by atoms with Gasteiger partial charge in [-0.25, -0.2) is 0 Å². The van der Waals surface area contributed by atoms with Gasteiger partial charge >= 0.3 is 17.9 Å². The number of aromatic amines is 1. The van der Waals surface area contributed by atoms with Crippen LogP contribution in [-0.4, -0.2) is 238 Å². The number of H-pyrrole nitrogens is 1. The number of carbonyl (C=O) groups excluding carboxylic acids is 14. The van der Waals surface area contributed by atoms with E-state index >= 15 is 4.79 Å². The molecule has 1 unspecified atom stereocenters. The largest absolute Gasteiger partial charge is 0.481 e. The van der Waals surface area contributed by atoms with E-state index in [9.17, 15) is 86.9 Å². The molecule has 0 aliphatic rings. The number of hydrogen-bond donors (Lipinski definition) is 25. The summed E-state index contributed by atoms with van der Waals surface area (Å²) >= 11 is 0. The summed E-state index contributed by atoms with van der Waals surface area (Å²) in [4.78, 5) is 236. The number of rotatable bonds is 69. The number of hydrogen-bond acceptors (Lipinski definition) is 20. The van der Waals surface area contributed by atoms with E-state index in [4.69, 9.17) is 33.1 Å². The molecule has 0 spiro atoms. The van der Waals surface area contributed by atoms with Gasteiger partial charge < -0.3 is 123 Å². The summed E-state index contributed by atoms with van der Waals surface area (Å²) in [5.74, 6) is -18.1. The highest BCUT2D eigenvalue weighted by atomic mass is 16.4. The number of nitrogens with two attached hydrogens (primary N) is 3. The van der Waals surface area contributed by atoms with E-state index < -0.39 is 217 Å². The number of carbonyl (C=O) groups is 17. The smallest absolute Gasteiger partial charge is 0.322 e. The molecule has 0 aliphatic heterocycles. The standard InChI is InChI=1S/C91H148N22O20/c1-10-12-13-14-15-16-17-18-19-20-21-22-26-40-71(114)104-66(41-43-73(116)117)80(124)97-45-30-29-37-65(106-78(122)57(8)92)83(127)107-67(42-44-74(118)119)84(128)111-69(49-59-33-24-23-25-34-59)87(131)113-77(56(7)11-2)89(133)103-58(9)79(123)109-70(50-60-51-100-62-36-28-27-35-61(60)62)85(129)110-68(48-54(3)4)86(130)112-76(55(5)6)88(132)108-64(39-32-47-99-91(95)96)82(126)101-52-72(115)105-63(38-31-46-98-90(93)94)81(125)102-53-75(120)121/h23-25,27-28,33-36,51,54-58,63-70,76-77,100H,10-22,26,29-32,37-50,52-53,92H2,1-9H3,(H,97,124)(H,101,126)(H,102,125)(H,103,133)(H,104,114)(H,105,115)(H,106,122)(H,107,127)(H,108,132)(H,109,123)(H,110,129)(H,111,128)(H,112,130)(H,113,131)(H,116,117)(H,118,119)(H,120,121)(H4,93,94,98)(H4,95,96,99)/t56?,57-,58-,63-,64-,65-,66-,67-,68-,69-,70-,76-,77-/m0/s1. The van der Waals surface area contributed by atoms with E-state index in [0.29, 0.717) is 28.5 Å². The number of unbranched alkanes of at least 4 members (excludes halogenated alkanes) is 13. The van der Waals surface area contributed by atoms with Crippen LogP contribution in [0.25, 0.3) is 10.9 Å². The number of aliphatic carboxylic acids is 3. The van der Waals surface area contributed by atoms with E-state index in [1.807, 2.05) is 0 Å². The summed E-state index contributed by atoms with van der Waals surface area (Å²) in [6, 6.07) is -1.43. The lowest BCUT2D eigenvalue weighted by molar-refractivity contribution is -0.139. The molecule has 3 aromatic rings. The fourth-order valence-corrected chi connectivity index (χ4v) is 14.4. The third-order valence-electron chi connectivity index (χ3n) is 22.2. The summed E-state index contributed by atoms with van der Waals surface area (Å²) in [6.07, 6.45) is 14.6. The molecule has 742 valence electrons. The number of amides is 14. The molecule has 133 heavy (non-hydrogen) atoms. The fraction of sp³-hybridized carbons (Fsp3) is 0.637. The van der Waals surface area contributed by atoms with Crippen molar-refractivity contribution in [3.05, 3.63) is 71.9 Å². The highest BCUT2D eigenvalue weighted by molar-refractivity contribution is 6.00. The zero-order valence-corrected chi connectivity index (χ0v) is 78.5. The van der Waals surface area contributed by atoms with Crippen molar-refractivity contribution in [2.45, 2.75) is 321 Å². The van der Waals surface area contributed by atoms with Crippen molar-refractivity contribution in [3.8, 4) is 0 Å². The minimum absolute atomic E-state index is 0.0104. The molecule has 1 aromatic heterocycles. The summed E-state index contributed by atoms with van der Waals surface area (Å²) in [5, 5.41) is 85.8. The van der Waals surface area contributed by atoms with Gasteiger partial charge in [0.1, 0.15) is 73.0 Å². The fourth-order valence-electron chi connectivity index (χ4n) is 14.4. The van der Waals surface area contributed by atoms with Gasteiger partial charge in [-0.2, -0.15) is 0 Å². The van der Waals surface area contributed by atoms with E-state index in [0.717, 1.165) is 25.7 Å². The molecule has 0 saturated heterocycles. The van der Waals surface area contributed by atoms with Crippen LogP contribution in [0.4, 0.5) is 0 Å². The molecule has 0 bridgehead atoms. The average Bonchev–Trinajstić information content (AvgIpc) is 1.67. The van der Waals surface area contributed by atoms with Gasteiger partial charge in [0.15, 0.2) is 11.9 Å². The Morgan fingerprint density at radius 3 is 1.33 bits per heavy atom. The zero-order chi connectivity index (χ0) is 99.1. The number of fused-ring (bicyclic) bond motifs is 1. The zero-order valence-electron chi connectivity index (χ0n) is 78.5. The molecule has 0 fully saturated rings. The Hall–Kier alpha value is -12.5. The van der Waals surface area contributed by atoms with E-state index in [-0.39, 0.29) is 121 Å². The van der Waals surface area contributed by atoms with Crippen molar-refractivity contribution in [2.75, 3.05) is 32.7 Å². The monoisotopic (exact) mass is 1870 g/mol. The van der Waals surface area contributed by atoms with Crippen molar-refractivity contribution in [3.63, 3.8) is 0 Å². The highest BCUT2D eigenvalue weighted by Gasteiger charge is 2.38. The molecule has 42 heteroatoms. The summed E-state index contributed by atoms with van der Waals surface area (Å²) in [6.45, 7) is 13.6. The molecule has 2 aromatic carbocycles. The van der Waals surface area contributed by atoms with Crippen LogP contribution in [0.5, 0.6) is 0 Å². The first kappa shape index (κ1) is 115. The number of carboxylic acids is 3. The quantitative estimate of drug-likeness (QED) is 0.0217. The van der Waals surface area contributed by atoms with Gasteiger partial charge in [-0.05, 0) is 119 Å². The van der Waals surface area contributed by atoms with Crippen molar-refractivity contribution in [1.82, 2.24) is 90.1 Å². The Bertz CT molecular complexity index is 4260. The minimum Gasteiger partial charge on any atom is -0.481 e. The molecule has 3 rings (SSSR count). The lowest BCUT2D eigenvalue weighted by atomic mass is 9.96.